The Bertz CT molecular complexity index is 1340. The van der Waals surface area contributed by atoms with Gasteiger partial charge in [-0.25, -0.2) is 4.79 Å². The molecule has 4 aromatic rings. The molecular formula is C27H27N3O2. The standard InChI is InChI=1S/C27H27N3O2/c1-18-15-22-23(16-19(18)2)26(31)30(4)25(24(22)21-13-9-6-10-14-21)28-27(32)29(3)17-20-11-7-5-8-12-20/h5-16H,17H2,1-4H3,(H,28,32). The molecular weight excluding hydrogens is 398 g/mol. The van der Waals surface area contributed by atoms with Crippen LogP contribution in [0.2, 0.25) is 0 Å². The van der Waals surface area contributed by atoms with Crippen molar-refractivity contribution in [1.82, 2.24) is 9.47 Å². The van der Waals surface area contributed by atoms with Gasteiger partial charge in [0, 0.05) is 31.6 Å². The normalized spacial score (nSPS) is 10.9. The number of fused-ring (bicyclic) bond motifs is 1. The Kier molecular flexibility index (Phi) is 5.82. The number of hydrogen-bond acceptors (Lipinski definition) is 2. The summed E-state index contributed by atoms with van der Waals surface area (Å²) in [4.78, 5) is 28.0. The lowest BCUT2D eigenvalue weighted by atomic mass is 9.95. The fourth-order valence-electron chi connectivity index (χ4n) is 3.95. The van der Waals surface area contributed by atoms with E-state index in [1.165, 1.54) is 4.57 Å². The summed E-state index contributed by atoms with van der Waals surface area (Å²) in [6.45, 7) is 4.50. The van der Waals surface area contributed by atoms with Gasteiger partial charge in [-0.05, 0) is 47.6 Å². The Morgan fingerprint density at radius 2 is 1.47 bits per heavy atom. The molecule has 0 saturated heterocycles. The molecule has 0 aliphatic heterocycles. The predicted octanol–water partition coefficient (Wildman–Crippen LogP) is 5.49. The fourth-order valence-corrected chi connectivity index (χ4v) is 3.95. The third-order valence-electron chi connectivity index (χ3n) is 5.91. The molecule has 0 atom stereocenters. The maximum Gasteiger partial charge on any atom is 0.323 e. The number of amides is 2. The van der Waals surface area contributed by atoms with E-state index in [0.29, 0.717) is 17.7 Å². The summed E-state index contributed by atoms with van der Waals surface area (Å²) in [7, 11) is 3.45. The maximum absolute atomic E-state index is 13.2. The van der Waals surface area contributed by atoms with Crippen LogP contribution in [0.1, 0.15) is 16.7 Å². The van der Waals surface area contributed by atoms with Gasteiger partial charge in [-0.1, -0.05) is 66.7 Å². The first kappa shape index (κ1) is 21.4. The molecule has 0 fully saturated rings. The van der Waals surface area contributed by atoms with Crippen LogP contribution in [-0.2, 0) is 13.6 Å². The Morgan fingerprint density at radius 3 is 2.09 bits per heavy atom. The summed E-state index contributed by atoms with van der Waals surface area (Å²) in [6, 6.07) is 23.4. The molecule has 5 heteroatoms. The van der Waals surface area contributed by atoms with Gasteiger partial charge in [0.25, 0.3) is 5.56 Å². The number of aromatic nitrogens is 1. The third kappa shape index (κ3) is 4.02. The highest BCUT2D eigenvalue weighted by molar-refractivity contribution is 6.05. The molecule has 0 aliphatic carbocycles. The van der Waals surface area contributed by atoms with Crippen molar-refractivity contribution in [2.24, 2.45) is 7.05 Å². The first-order chi connectivity index (χ1) is 15.4. The van der Waals surface area contributed by atoms with Crippen molar-refractivity contribution >= 4 is 22.6 Å². The zero-order valence-corrected chi connectivity index (χ0v) is 18.8. The van der Waals surface area contributed by atoms with E-state index in [0.717, 1.165) is 33.2 Å². The zero-order chi connectivity index (χ0) is 22.8. The highest BCUT2D eigenvalue weighted by Gasteiger charge is 2.20. The molecule has 4 rings (SSSR count). The highest BCUT2D eigenvalue weighted by Crippen LogP contribution is 2.35. The number of nitrogens with zero attached hydrogens (tertiary/aromatic N) is 2. The van der Waals surface area contributed by atoms with Gasteiger partial charge >= 0.3 is 6.03 Å². The van der Waals surface area contributed by atoms with Crippen LogP contribution in [0.4, 0.5) is 10.6 Å². The number of rotatable bonds is 4. The van der Waals surface area contributed by atoms with Crippen molar-refractivity contribution in [3.05, 3.63) is 99.8 Å². The minimum absolute atomic E-state index is 0.135. The number of aryl methyl sites for hydroxylation is 2. The second-order valence-corrected chi connectivity index (χ2v) is 8.21. The van der Waals surface area contributed by atoms with Crippen molar-refractivity contribution in [2.45, 2.75) is 20.4 Å². The SMILES string of the molecule is Cc1cc2c(-c3ccccc3)c(NC(=O)N(C)Cc3ccccc3)n(C)c(=O)c2cc1C. The van der Waals surface area contributed by atoms with E-state index in [4.69, 9.17) is 0 Å². The molecule has 1 aromatic heterocycles. The van der Waals surface area contributed by atoms with E-state index in [9.17, 15) is 9.59 Å². The Hall–Kier alpha value is -3.86. The van der Waals surface area contributed by atoms with Gasteiger partial charge in [-0.15, -0.1) is 0 Å². The molecule has 5 nitrogen and oxygen atoms in total. The molecule has 1 heterocycles. The lowest BCUT2D eigenvalue weighted by Gasteiger charge is -2.22. The number of carbonyl (C=O) groups is 1. The van der Waals surface area contributed by atoms with E-state index in [1.807, 2.05) is 86.6 Å². The number of carbonyl (C=O) groups excluding carboxylic acids is 1. The maximum atomic E-state index is 13.2. The quantitative estimate of drug-likeness (QED) is 0.470. The van der Waals surface area contributed by atoms with Crippen LogP contribution < -0.4 is 10.9 Å². The third-order valence-corrected chi connectivity index (χ3v) is 5.91. The molecule has 3 aromatic carbocycles. The van der Waals surface area contributed by atoms with E-state index in [-0.39, 0.29) is 11.6 Å². The lowest BCUT2D eigenvalue weighted by molar-refractivity contribution is 0.220. The van der Waals surface area contributed by atoms with E-state index < -0.39 is 0 Å². The monoisotopic (exact) mass is 425 g/mol. The van der Waals surface area contributed by atoms with Gasteiger partial charge in [0.1, 0.15) is 5.82 Å². The summed E-state index contributed by atoms with van der Waals surface area (Å²) < 4.78 is 1.54. The first-order valence-corrected chi connectivity index (χ1v) is 10.6. The first-order valence-electron chi connectivity index (χ1n) is 10.6. The Balaban J connectivity index is 1.85. The topological polar surface area (TPSA) is 54.3 Å². The molecule has 2 amide bonds. The fraction of sp³-hybridized carbons (Fsp3) is 0.185. The van der Waals surface area contributed by atoms with Gasteiger partial charge < -0.3 is 4.90 Å². The molecule has 0 spiro atoms. The molecule has 0 saturated carbocycles. The van der Waals surface area contributed by atoms with Gasteiger partial charge in [0.15, 0.2) is 0 Å². The van der Waals surface area contributed by atoms with Crippen molar-refractivity contribution in [3.63, 3.8) is 0 Å². The van der Waals surface area contributed by atoms with Crippen molar-refractivity contribution in [3.8, 4) is 11.1 Å². The van der Waals surface area contributed by atoms with Crippen LogP contribution >= 0.6 is 0 Å². The molecule has 0 unspecified atom stereocenters. The Morgan fingerprint density at radius 1 is 0.906 bits per heavy atom. The zero-order valence-electron chi connectivity index (χ0n) is 18.8. The number of benzene rings is 3. The van der Waals surface area contributed by atoms with Crippen LogP contribution in [0.25, 0.3) is 21.9 Å². The van der Waals surface area contributed by atoms with Crippen LogP contribution in [-0.4, -0.2) is 22.5 Å². The molecule has 0 radical (unpaired) electrons. The average Bonchev–Trinajstić information content (AvgIpc) is 2.80. The van der Waals surface area contributed by atoms with Gasteiger partial charge in [0.2, 0.25) is 0 Å². The van der Waals surface area contributed by atoms with Crippen molar-refractivity contribution < 1.29 is 4.79 Å². The largest absolute Gasteiger partial charge is 0.323 e. The molecule has 0 aliphatic rings. The number of anilines is 1. The summed E-state index contributed by atoms with van der Waals surface area (Å²) in [5.74, 6) is 0.488. The highest BCUT2D eigenvalue weighted by atomic mass is 16.2. The smallest absolute Gasteiger partial charge is 0.323 e. The second kappa shape index (κ2) is 8.71. The van der Waals surface area contributed by atoms with E-state index in [1.54, 1.807) is 19.0 Å². The minimum Gasteiger partial charge on any atom is -0.323 e. The van der Waals surface area contributed by atoms with Crippen molar-refractivity contribution in [1.29, 1.82) is 0 Å². The van der Waals surface area contributed by atoms with E-state index in [2.05, 4.69) is 5.32 Å². The van der Waals surface area contributed by atoms with Gasteiger partial charge in [-0.2, -0.15) is 0 Å². The van der Waals surface area contributed by atoms with Crippen LogP contribution in [0.5, 0.6) is 0 Å². The predicted molar refractivity (Wildman–Crippen MR) is 131 cm³/mol. The van der Waals surface area contributed by atoms with Gasteiger partial charge in [-0.3, -0.25) is 14.7 Å². The molecule has 32 heavy (non-hydrogen) atoms. The van der Waals surface area contributed by atoms with Crippen molar-refractivity contribution in [2.75, 3.05) is 12.4 Å². The van der Waals surface area contributed by atoms with Crippen LogP contribution in [0, 0.1) is 13.8 Å². The Labute approximate surface area is 187 Å². The second-order valence-electron chi connectivity index (χ2n) is 8.21. The molecule has 162 valence electrons. The molecule has 0 bridgehead atoms. The number of nitrogens with one attached hydrogen (secondary N) is 1. The summed E-state index contributed by atoms with van der Waals surface area (Å²) in [5.41, 5.74) is 4.84. The van der Waals surface area contributed by atoms with E-state index >= 15 is 0 Å². The van der Waals surface area contributed by atoms with Crippen LogP contribution in [0.3, 0.4) is 0 Å². The average molecular weight is 426 g/mol. The summed E-state index contributed by atoms with van der Waals surface area (Å²) in [6.07, 6.45) is 0. The number of urea groups is 1. The van der Waals surface area contributed by atoms with Crippen LogP contribution in [0.15, 0.2) is 77.6 Å². The number of hydrogen-bond donors (Lipinski definition) is 1. The lowest BCUT2D eigenvalue weighted by Crippen LogP contribution is -2.33. The molecule has 1 N–H and O–H groups in total. The van der Waals surface area contributed by atoms with Gasteiger partial charge in [0.05, 0.1) is 0 Å². The summed E-state index contributed by atoms with van der Waals surface area (Å²) in [5, 5.41) is 4.49. The minimum atomic E-state index is -0.274. The number of pyridine rings is 1. The summed E-state index contributed by atoms with van der Waals surface area (Å²) >= 11 is 0.